The lowest BCUT2D eigenvalue weighted by Crippen LogP contribution is -2.41. The van der Waals surface area contributed by atoms with E-state index in [0.717, 1.165) is 11.8 Å². The largest absolute Gasteiger partial charge is 0.497 e. The van der Waals surface area contributed by atoms with E-state index in [0.29, 0.717) is 17.2 Å². The lowest BCUT2D eigenvalue weighted by molar-refractivity contribution is -0.123. The van der Waals surface area contributed by atoms with Crippen LogP contribution in [0, 0.1) is 5.41 Å². The van der Waals surface area contributed by atoms with Crippen molar-refractivity contribution in [2.75, 3.05) is 19.5 Å². The van der Waals surface area contributed by atoms with E-state index in [1.165, 1.54) is 14.2 Å². The Morgan fingerprint density at radius 3 is 2.81 bits per heavy atom. The summed E-state index contributed by atoms with van der Waals surface area (Å²) < 4.78 is 10.3. The molecule has 112 valence electrons. The Bertz CT molecular complexity index is 575. The molecule has 1 aromatic rings. The van der Waals surface area contributed by atoms with Gasteiger partial charge in [-0.15, -0.1) is 0 Å². The number of methoxy groups -OCH3 is 2. The molecule has 0 radical (unpaired) electrons. The molecule has 0 bridgehead atoms. The van der Waals surface area contributed by atoms with Gasteiger partial charge in [0.1, 0.15) is 16.7 Å². The molecule has 1 heterocycles. The SMILES string of the molecule is COc1ccc(NC(=O)C2CC(=O)NC(=N)S2)c(OC)c1. The van der Waals surface area contributed by atoms with Gasteiger partial charge in [0.25, 0.3) is 0 Å². The number of nitrogens with one attached hydrogen (secondary N) is 3. The average Bonchev–Trinajstić information content (AvgIpc) is 2.46. The van der Waals surface area contributed by atoms with Crippen LogP contribution in [0.25, 0.3) is 0 Å². The van der Waals surface area contributed by atoms with E-state index in [1.807, 2.05) is 0 Å². The number of rotatable bonds is 4. The van der Waals surface area contributed by atoms with Crippen LogP contribution in [0.1, 0.15) is 6.42 Å². The van der Waals surface area contributed by atoms with Crippen molar-refractivity contribution in [1.82, 2.24) is 5.32 Å². The van der Waals surface area contributed by atoms with Crippen molar-refractivity contribution >= 4 is 34.4 Å². The lowest BCUT2D eigenvalue weighted by Gasteiger charge is -2.21. The standard InChI is InChI=1S/C13H15N3O4S/c1-19-7-3-4-8(9(5-7)20-2)15-12(18)10-6-11(17)16-13(14)21-10/h3-5,10H,6H2,1-2H3,(H,15,18)(H2,14,16,17). The highest BCUT2D eigenvalue weighted by Crippen LogP contribution is 2.30. The van der Waals surface area contributed by atoms with Crippen LogP contribution < -0.4 is 20.1 Å². The monoisotopic (exact) mass is 309 g/mol. The number of amidine groups is 1. The molecule has 21 heavy (non-hydrogen) atoms. The van der Waals surface area contributed by atoms with Gasteiger partial charge in [-0.05, 0) is 12.1 Å². The third-order valence-electron chi connectivity index (χ3n) is 2.84. The summed E-state index contributed by atoms with van der Waals surface area (Å²) in [5.41, 5.74) is 0.487. The summed E-state index contributed by atoms with van der Waals surface area (Å²) in [5.74, 6) is 0.393. The van der Waals surface area contributed by atoms with Crippen molar-refractivity contribution < 1.29 is 19.1 Å². The molecule has 0 aromatic heterocycles. The molecule has 1 atom stereocenters. The normalized spacial score (nSPS) is 17.9. The smallest absolute Gasteiger partial charge is 0.238 e. The van der Waals surface area contributed by atoms with Gasteiger partial charge in [0.2, 0.25) is 11.8 Å². The van der Waals surface area contributed by atoms with Crippen molar-refractivity contribution in [1.29, 1.82) is 5.41 Å². The fraction of sp³-hybridized carbons (Fsp3) is 0.308. The summed E-state index contributed by atoms with van der Waals surface area (Å²) in [6.07, 6.45) is 0.0390. The van der Waals surface area contributed by atoms with Gasteiger partial charge in [-0.3, -0.25) is 15.0 Å². The zero-order chi connectivity index (χ0) is 15.4. The Kier molecular flexibility index (Phi) is 4.69. The van der Waals surface area contributed by atoms with Gasteiger partial charge in [0.05, 0.1) is 19.9 Å². The molecule has 2 rings (SSSR count). The minimum absolute atomic E-state index is 0.0203. The molecule has 0 saturated carbocycles. The average molecular weight is 309 g/mol. The van der Waals surface area contributed by atoms with Crippen LogP contribution in [-0.4, -0.2) is 36.5 Å². The molecule has 1 aliphatic heterocycles. The van der Waals surface area contributed by atoms with Crippen LogP contribution in [0.3, 0.4) is 0 Å². The number of hydrogen-bond acceptors (Lipinski definition) is 6. The second-order valence-corrected chi connectivity index (χ2v) is 5.46. The first-order valence-corrected chi connectivity index (χ1v) is 6.99. The minimum Gasteiger partial charge on any atom is -0.497 e. The molecule has 0 aliphatic carbocycles. The van der Waals surface area contributed by atoms with Gasteiger partial charge in [0.15, 0.2) is 5.17 Å². The molecule has 3 N–H and O–H groups in total. The van der Waals surface area contributed by atoms with E-state index in [4.69, 9.17) is 14.9 Å². The van der Waals surface area contributed by atoms with Crippen molar-refractivity contribution in [3.63, 3.8) is 0 Å². The fourth-order valence-electron chi connectivity index (χ4n) is 1.82. The Morgan fingerprint density at radius 2 is 2.19 bits per heavy atom. The third kappa shape index (κ3) is 3.66. The second kappa shape index (κ2) is 6.49. The van der Waals surface area contributed by atoms with Crippen LogP contribution in [0.4, 0.5) is 5.69 Å². The molecule has 1 aliphatic rings. The second-order valence-electron chi connectivity index (χ2n) is 4.24. The number of ether oxygens (including phenoxy) is 2. The molecule has 1 fully saturated rings. The number of anilines is 1. The lowest BCUT2D eigenvalue weighted by atomic mass is 10.2. The first-order valence-electron chi connectivity index (χ1n) is 6.11. The number of carbonyl (C=O) groups is 2. The molecule has 2 amide bonds. The minimum atomic E-state index is -0.627. The van der Waals surface area contributed by atoms with Gasteiger partial charge < -0.3 is 20.1 Å². The summed E-state index contributed by atoms with van der Waals surface area (Å²) in [4.78, 5) is 23.5. The first-order chi connectivity index (χ1) is 10.0. The van der Waals surface area contributed by atoms with Crippen LogP contribution >= 0.6 is 11.8 Å². The highest BCUT2D eigenvalue weighted by molar-refractivity contribution is 8.15. The van der Waals surface area contributed by atoms with Crippen molar-refractivity contribution in [3.8, 4) is 11.5 Å². The van der Waals surface area contributed by atoms with Crippen LogP contribution in [0.5, 0.6) is 11.5 Å². The Hall–Kier alpha value is -2.22. The Labute approximate surface area is 125 Å². The van der Waals surface area contributed by atoms with Crippen molar-refractivity contribution in [2.24, 2.45) is 0 Å². The summed E-state index contributed by atoms with van der Waals surface area (Å²) >= 11 is 1.01. The number of benzene rings is 1. The number of amides is 2. The summed E-state index contributed by atoms with van der Waals surface area (Å²) in [7, 11) is 3.03. The van der Waals surface area contributed by atoms with Gasteiger partial charge in [0, 0.05) is 12.5 Å². The Balaban J connectivity index is 2.12. The van der Waals surface area contributed by atoms with E-state index >= 15 is 0 Å². The van der Waals surface area contributed by atoms with E-state index in [-0.39, 0.29) is 23.4 Å². The van der Waals surface area contributed by atoms with E-state index in [2.05, 4.69) is 10.6 Å². The highest BCUT2D eigenvalue weighted by Gasteiger charge is 2.29. The predicted molar refractivity (Wildman–Crippen MR) is 80.0 cm³/mol. The predicted octanol–water partition coefficient (Wildman–Crippen LogP) is 1.20. The zero-order valence-corrected chi connectivity index (χ0v) is 12.4. The Morgan fingerprint density at radius 1 is 1.43 bits per heavy atom. The molecule has 0 spiro atoms. The molecule has 8 heteroatoms. The molecule has 7 nitrogen and oxygen atoms in total. The summed E-state index contributed by atoms with van der Waals surface area (Å²) in [6, 6.07) is 5.01. The van der Waals surface area contributed by atoms with Crippen molar-refractivity contribution in [3.05, 3.63) is 18.2 Å². The number of carbonyl (C=O) groups excluding carboxylic acids is 2. The van der Waals surface area contributed by atoms with Gasteiger partial charge in [-0.25, -0.2) is 0 Å². The maximum Gasteiger partial charge on any atom is 0.238 e. The van der Waals surface area contributed by atoms with E-state index < -0.39 is 5.25 Å². The molecule has 1 saturated heterocycles. The van der Waals surface area contributed by atoms with Gasteiger partial charge >= 0.3 is 0 Å². The quantitative estimate of drug-likeness (QED) is 0.776. The van der Waals surface area contributed by atoms with Crippen LogP contribution in [0.2, 0.25) is 0 Å². The summed E-state index contributed by atoms with van der Waals surface area (Å²) in [5, 5.41) is 11.9. The van der Waals surface area contributed by atoms with E-state index in [9.17, 15) is 9.59 Å². The molecular formula is C13H15N3O4S. The third-order valence-corrected chi connectivity index (χ3v) is 3.85. The van der Waals surface area contributed by atoms with Gasteiger partial charge in [-0.1, -0.05) is 11.8 Å². The van der Waals surface area contributed by atoms with Crippen LogP contribution in [-0.2, 0) is 9.59 Å². The topological polar surface area (TPSA) is 101 Å². The van der Waals surface area contributed by atoms with E-state index in [1.54, 1.807) is 18.2 Å². The first kappa shape index (κ1) is 15.2. The fourth-order valence-corrected chi connectivity index (χ4v) is 2.68. The van der Waals surface area contributed by atoms with Gasteiger partial charge in [-0.2, -0.15) is 0 Å². The van der Waals surface area contributed by atoms with Crippen molar-refractivity contribution in [2.45, 2.75) is 11.7 Å². The molecule has 1 aromatic carbocycles. The summed E-state index contributed by atoms with van der Waals surface area (Å²) in [6.45, 7) is 0. The molecular weight excluding hydrogens is 294 g/mol. The number of hydrogen-bond donors (Lipinski definition) is 3. The van der Waals surface area contributed by atoms with Crippen LogP contribution in [0.15, 0.2) is 18.2 Å². The highest BCUT2D eigenvalue weighted by atomic mass is 32.2. The zero-order valence-electron chi connectivity index (χ0n) is 11.6. The maximum absolute atomic E-state index is 12.2. The molecule has 1 unspecified atom stereocenters. The number of thioether (sulfide) groups is 1. The maximum atomic E-state index is 12.2.